The van der Waals surface area contributed by atoms with Crippen molar-refractivity contribution in [3.8, 4) is 0 Å². The summed E-state index contributed by atoms with van der Waals surface area (Å²) in [6, 6.07) is 0. The first-order chi connectivity index (χ1) is 7.31. The minimum atomic E-state index is -0.00529. The van der Waals surface area contributed by atoms with Crippen molar-refractivity contribution >= 4 is 11.3 Å². The summed E-state index contributed by atoms with van der Waals surface area (Å²) in [7, 11) is 0. The second kappa shape index (κ2) is 4.55. The SMILES string of the molecule is Cc1ncsc1CCn1ccnc1CO. The summed E-state index contributed by atoms with van der Waals surface area (Å²) in [4.78, 5) is 9.56. The number of hydrogen-bond donors (Lipinski definition) is 1. The van der Waals surface area contributed by atoms with Crippen LogP contribution in [0.15, 0.2) is 17.9 Å². The average Bonchev–Trinajstić information content (AvgIpc) is 2.83. The van der Waals surface area contributed by atoms with E-state index in [-0.39, 0.29) is 6.61 Å². The molecule has 0 saturated heterocycles. The quantitative estimate of drug-likeness (QED) is 0.852. The molecule has 0 aliphatic rings. The maximum absolute atomic E-state index is 9.03. The maximum Gasteiger partial charge on any atom is 0.134 e. The number of nitrogens with zero attached hydrogens (tertiary/aromatic N) is 3. The lowest BCUT2D eigenvalue weighted by Gasteiger charge is -2.04. The van der Waals surface area contributed by atoms with E-state index in [0.29, 0.717) is 0 Å². The van der Waals surface area contributed by atoms with E-state index in [1.54, 1.807) is 17.5 Å². The molecule has 0 atom stereocenters. The van der Waals surface area contributed by atoms with Crippen LogP contribution in [0.2, 0.25) is 0 Å². The second-order valence-corrected chi connectivity index (χ2v) is 4.25. The third-order valence-electron chi connectivity index (χ3n) is 2.37. The predicted molar refractivity (Wildman–Crippen MR) is 58.7 cm³/mol. The first-order valence-corrected chi connectivity index (χ1v) is 5.69. The fourth-order valence-electron chi connectivity index (χ4n) is 1.48. The van der Waals surface area contributed by atoms with Gasteiger partial charge in [-0.25, -0.2) is 9.97 Å². The fraction of sp³-hybridized carbons (Fsp3) is 0.400. The Hall–Kier alpha value is -1.20. The predicted octanol–water partition coefficient (Wildman–Crippen LogP) is 1.38. The summed E-state index contributed by atoms with van der Waals surface area (Å²) in [5, 5.41) is 9.03. The third kappa shape index (κ3) is 2.24. The van der Waals surface area contributed by atoms with E-state index in [1.165, 1.54) is 4.88 Å². The monoisotopic (exact) mass is 223 g/mol. The highest BCUT2D eigenvalue weighted by Gasteiger charge is 2.04. The van der Waals surface area contributed by atoms with Gasteiger partial charge in [0.05, 0.1) is 11.2 Å². The van der Waals surface area contributed by atoms with E-state index in [9.17, 15) is 0 Å². The minimum absolute atomic E-state index is 0.00529. The number of imidazole rings is 1. The number of aliphatic hydroxyl groups is 1. The van der Waals surface area contributed by atoms with E-state index in [0.717, 1.165) is 24.5 Å². The summed E-state index contributed by atoms with van der Waals surface area (Å²) < 4.78 is 1.97. The van der Waals surface area contributed by atoms with Gasteiger partial charge < -0.3 is 9.67 Å². The molecule has 2 rings (SSSR count). The van der Waals surface area contributed by atoms with Gasteiger partial charge in [-0.1, -0.05) is 0 Å². The molecule has 2 heterocycles. The number of aryl methyl sites for hydroxylation is 3. The molecule has 0 aliphatic carbocycles. The van der Waals surface area contributed by atoms with Crippen LogP contribution in [0.4, 0.5) is 0 Å². The van der Waals surface area contributed by atoms with Gasteiger partial charge in [-0.05, 0) is 6.92 Å². The highest BCUT2D eigenvalue weighted by molar-refractivity contribution is 7.09. The highest BCUT2D eigenvalue weighted by Crippen LogP contribution is 2.13. The van der Waals surface area contributed by atoms with Crippen LogP contribution in [0.1, 0.15) is 16.4 Å². The molecule has 1 N–H and O–H groups in total. The van der Waals surface area contributed by atoms with E-state index in [1.807, 2.05) is 23.2 Å². The van der Waals surface area contributed by atoms with Crippen molar-refractivity contribution in [2.75, 3.05) is 0 Å². The molecule has 4 nitrogen and oxygen atoms in total. The van der Waals surface area contributed by atoms with Crippen LogP contribution >= 0.6 is 11.3 Å². The van der Waals surface area contributed by atoms with Gasteiger partial charge in [0.25, 0.3) is 0 Å². The van der Waals surface area contributed by atoms with E-state index in [2.05, 4.69) is 9.97 Å². The molecule has 0 unspecified atom stereocenters. The molecular formula is C10H13N3OS. The Kier molecular flexibility index (Phi) is 3.13. The Bertz CT molecular complexity index is 435. The van der Waals surface area contributed by atoms with Gasteiger partial charge in [0.2, 0.25) is 0 Å². The molecule has 0 aromatic carbocycles. The molecule has 0 fully saturated rings. The van der Waals surface area contributed by atoms with Crippen LogP contribution in [-0.2, 0) is 19.6 Å². The van der Waals surface area contributed by atoms with E-state index >= 15 is 0 Å². The van der Waals surface area contributed by atoms with Crippen LogP contribution in [0.5, 0.6) is 0 Å². The number of thiazole rings is 1. The zero-order chi connectivity index (χ0) is 10.7. The van der Waals surface area contributed by atoms with E-state index in [4.69, 9.17) is 5.11 Å². The number of rotatable bonds is 4. The van der Waals surface area contributed by atoms with Gasteiger partial charge in [0, 0.05) is 30.2 Å². The summed E-state index contributed by atoms with van der Waals surface area (Å²) in [5.41, 5.74) is 2.97. The van der Waals surface area contributed by atoms with Gasteiger partial charge in [0.1, 0.15) is 12.4 Å². The van der Waals surface area contributed by atoms with Gasteiger partial charge in [-0.15, -0.1) is 11.3 Å². The molecule has 2 aromatic rings. The van der Waals surface area contributed by atoms with Crippen LogP contribution in [0, 0.1) is 6.92 Å². The molecule has 0 aliphatic heterocycles. The van der Waals surface area contributed by atoms with Crippen molar-refractivity contribution in [1.29, 1.82) is 0 Å². The Balaban J connectivity index is 2.02. The largest absolute Gasteiger partial charge is 0.388 e. The topological polar surface area (TPSA) is 50.9 Å². The average molecular weight is 223 g/mol. The molecule has 0 spiro atoms. The van der Waals surface area contributed by atoms with Crippen LogP contribution < -0.4 is 0 Å². The van der Waals surface area contributed by atoms with Crippen LogP contribution in [0.25, 0.3) is 0 Å². The summed E-state index contributed by atoms with van der Waals surface area (Å²) >= 11 is 1.68. The molecule has 0 amide bonds. The van der Waals surface area contributed by atoms with Crippen molar-refractivity contribution in [3.05, 3.63) is 34.3 Å². The standard InChI is InChI=1S/C10H13N3OS/c1-8-9(15-7-12-8)2-4-13-5-3-11-10(13)6-14/h3,5,7,14H,2,4,6H2,1H3. The smallest absolute Gasteiger partial charge is 0.134 e. The van der Waals surface area contributed by atoms with Gasteiger partial charge in [0.15, 0.2) is 0 Å². The Labute approximate surface area is 92.2 Å². The number of aliphatic hydroxyl groups excluding tert-OH is 1. The lowest BCUT2D eigenvalue weighted by molar-refractivity contribution is 0.265. The summed E-state index contributed by atoms with van der Waals surface area (Å²) in [6.07, 6.45) is 4.55. The zero-order valence-corrected chi connectivity index (χ0v) is 9.37. The van der Waals surface area contributed by atoms with Crippen molar-refractivity contribution in [3.63, 3.8) is 0 Å². The lowest BCUT2D eigenvalue weighted by atomic mass is 10.3. The van der Waals surface area contributed by atoms with Crippen LogP contribution in [-0.4, -0.2) is 19.6 Å². The molecule has 0 saturated carbocycles. The van der Waals surface area contributed by atoms with E-state index < -0.39 is 0 Å². The molecular weight excluding hydrogens is 210 g/mol. The van der Waals surface area contributed by atoms with Gasteiger partial charge >= 0.3 is 0 Å². The lowest BCUT2D eigenvalue weighted by Crippen LogP contribution is -2.05. The molecule has 2 aromatic heterocycles. The summed E-state index contributed by atoms with van der Waals surface area (Å²) in [6.45, 7) is 2.86. The summed E-state index contributed by atoms with van der Waals surface area (Å²) in [5.74, 6) is 0.720. The Morgan fingerprint density at radius 1 is 1.47 bits per heavy atom. The Morgan fingerprint density at radius 2 is 2.33 bits per heavy atom. The molecule has 0 radical (unpaired) electrons. The molecule has 15 heavy (non-hydrogen) atoms. The minimum Gasteiger partial charge on any atom is -0.388 e. The van der Waals surface area contributed by atoms with Gasteiger partial charge in [-0.2, -0.15) is 0 Å². The van der Waals surface area contributed by atoms with Gasteiger partial charge in [-0.3, -0.25) is 0 Å². The molecule has 80 valence electrons. The first kappa shape index (κ1) is 10.3. The van der Waals surface area contributed by atoms with Crippen molar-refractivity contribution < 1.29 is 5.11 Å². The highest BCUT2D eigenvalue weighted by atomic mass is 32.1. The fourth-order valence-corrected chi connectivity index (χ4v) is 2.25. The number of hydrogen-bond acceptors (Lipinski definition) is 4. The number of aromatic nitrogens is 3. The van der Waals surface area contributed by atoms with Crippen molar-refractivity contribution in [2.24, 2.45) is 0 Å². The maximum atomic E-state index is 9.03. The molecule has 5 heteroatoms. The van der Waals surface area contributed by atoms with Crippen molar-refractivity contribution in [2.45, 2.75) is 26.5 Å². The normalized spacial score (nSPS) is 10.8. The first-order valence-electron chi connectivity index (χ1n) is 4.81. The third-order valence-corrected chi connectivity index (χ3v) is 3.36. The zero-order valence-electron chi connectivity index (χ0n) is 8.55. The second-order valence-electron chi connectivity index (χ2n) is 3.31. The molecule has 0 bridgehead atoms. The van der Waals surface area contributed by atoms with Crippen molar-refractivity contribution in [1.82, 2.24) is 14.5 Å². The Morgan fingerprint density at radius 3 is 3.00 bits per heavy atom. The van der Waals surface area contributed by atoms with Crippen LogP contribution in [0.3, 0.4) is 0 Å².